The van der Waals surface area contributed by atoms with Gasteiger partial charge in [0.25, 0.3) is 5.91 Å². The Balaban J connectivity index is 2.47. The van der Waals surface area contributed by atoms with E-state index in [9.17, 15) is 9.59 Å². The average molecular weight is 321 g/mol. The van der Waals surface area contributed by atoms with Gasteiger partial charge in [0.05, 0.1) is 13.0 Å². The van der Waals surface area contributed by atoms with Crippen LogP contribution < -0.4 is 4.74 Å². The summed E-state index contributed by atoms with van der Waals surface area (Å²) in [5, 5.41) is 0. The van der Waals surface area contributed by atoms with Crippen molar-refractivity contribution in [1.29, 1.82) is 0 Å². The molecule has 0 radical (unpaired) electrons. The lowest BCUT2D eigenvalue weighted by Gasteiger charge is -2.22. The van der Waals surface area contributed by atoms with Crippen LogP contribution in [0, 0.1) is 0 Å². The van der Waals surface area contributed by atoms with Crippen molar-refractivity contribution in [2.24, 2.45) is 0 Å². The number of benzene rings is 1. The summed E-state index contributed by atoms with van der Waals surface area (Å²) >= 11 is 0. The Morgan fingerprint density at radius 1 is 1.04 bits per heavy atom. The highest BCUT2D eigenvalue weighted by Gasteiger charge is 2.15. The number of hydrogen-bond donors (Lipinski definition) is 0. The number of unbranched alkanes of at least 4 members (excludes halogenated alkanes) is 2. The molecule has 0 spiro atoms. The second-order valence-corrected chi connectivity index (χ2v) is 5.24. The summed E-state index contributed by atoms with van der Waals surface area (Å²) in [6.45, 7) is 5.25. The highest BCUT2D eigenvalue weighted by Crippen LogP contribution is 2.09. The minimum atomic E-state index is -0.273. The highest BCUT2D eigenvalue weighted by atomic mass is 16.5. The first kappa shape index (κ1) is 19.0. The molecule has 5 heteroatoms. The van der Waals surface area contributed by atoms with Crippen LogP contribution in [-0.2, 0) is 14.3 Å². The molecule has 0 aliphatic heterocycles. The van der Waals surface area contributed by atoms with E-state index in [2.05, 4.69) is 6.92 Å². The van der Waals surface area contributed by atoms with Crippen molar-refractivity contribution >= 4 is 11.9 Å². The fraction of sp³-hybridized carbons (Fsp3) is 0.556. The summed E-state index contributed by atoms with van der Waals surface area (Å²) in [5.74, 6) is 0.291. The van der Waals surface area contributed by atoms with Gasteiger partial charge in [0.2, 0.25) is 0 Å². The average Bonchev–Trinajstić information content (AvgIpc) is 2.57. The van der Waals surface area contributed by atoms with Gasteiger partial charge in [-0.2, -0.15) is 0 Å². The molecule has 0 heterocycles. The van der Waals surface area contributed by atoms with E-state index in [4.69, 9.17) is 9.47 Å². The summed E-state index contributed by atoms with van der Waals surface area (Å²) in [6.07, 6.45) is 3.29. The van der Waals surface area contributed by atoms with Crippen LogP contribution in [0.1, 0.15) is 39.5 Å². The van der Waals surface area contributed by atoms with Crippen molar-refractivity contribution < 1.29 is 19.1 Å². The fourth-order valence-electron chi connectivity index (χ4n) is 2.13. The van der Waals surface area contributed by atoms with Gasteiger partial charge >= 0.3 is 5.97 Å². The summed E-state index contributed by atoms with van der Waals surface area (Å²) in [7, 11) is 0. The first-order valence-corrected chi connectivity index (χ1v) is 8.28. The number of amides is 1. The van der Waals surface area contributed by atoms with Crippen LogP contribution in [0.3, 0.4) is 0 Å². The highest BCUT2D eigenvalue weighted by molar-refractivity contribution is 5.78. The van der Waals surface area contributed by atoms with Gasteiger partial charge in [-0.25, -0.2) is 0 Å². The largest absolute Gasteiger partial charge is 0.484 e. The van der Waals surface area contributed by atoms with Gasteiger partial charge in [0.15, 0.2) is 6.61 Å². The van der Waals surface area contributed by atoms with Crippen LogP contribution in [0.5, 0.6) is 5.75 Å². The van der Waals surface area contributed by atoms with Gasteiger partial charge in [0.1, 0.15) is 5.75 Å². The molecule has 0 saturated carbocycles. The number of carbonyl (C=O) groups is 2. The third kappa shape index (κ3) is 8.24. The molecule has 5 nitrogen and oxygen atoms in total. The van der Waals surface area contributed by atoms with Crippen molar-refractivity contribution in [2.45, 2.75) is 39.5 Å². The van der Waals surface area contributed by atoms with Gasteiger partial charge in [-0.1, -0.05) is 38.0 Å². The van der Waals surface area contributed by atoms with E-state index in [1.54, 1.807) is 11.8 Å². The van der Waals surface area contributed by atoms with Gasteiger partial charge in [-0.15, -0.1) is 0 Å². The standard InChI is InChI=1S/C18H27NO4/c1-3-5-9-13-19(14-12-18(21)22-4-2)17(20)15-23-16-10-7-6-8-11-16/h6-8,10-11H,3-5,9,12-15H2,1-2H3. The zero-order valence-corrected chi connectivity index (χ0v) is 14.1. The minimum Gasteiger partial charge on any atom is -0.484 e. The molecule has 0 atom stereocenters. The lowest BCUT2D eigenvalue weighted by molar-refractivity contribution is -0.144. The molecule has 0 saturated heterocycles. The number of ether oxygens (including phenoxy) is 2. The van der Waals surface area contributed by atoms with E-state index in [-0.39, 0.29) is 24.9 Å². The SMILES string of the molecule is CCCCCN(CCC(=O)OCC)C(=O)COc1ccccc1. The zero-order chi connectivity index (χ0) is 16.9. The maximum absolute atomic E-state index is 12.3. The second kappa shape index (κ2) is 11.5. The summed E-state index contributed by atoms with van der Waals surface area (Å²) in [5.41, 5.74) is 0. The van der Waals surface area contributed by atoms with Crippen LogP contribution in [0.2, 0.25) is 0 Å². The van der Waals surface area contributed by atoms with Crippen molar-refractivity contribution in [2.75, 3.05) is 26.3 Å². The molecular formula is C18H27NO4. The lowest BCUT2D eigenvalue weighted by atomic mass is 10.2. The van der Waals surface area contributed by atoms with E-state index >= 15 is 0 Å². The number of nitrogens with zero attached hydrogens (tertiary/aromatic N) is 1. The second-order valence-electron chi connectivity index (χ2n) is 5.24. The van der Waals surface area contributed by atoms with Crippen LogP contribution in [-0.4, -0.2) is 43.1 Å². The van der Waals surface area contributed by atoms with Gasteiger partial charge in [-0.3, -0.25) is 9.59 Å². The molecule has 0 aromatic heterocycles. The van der Waals surface area contributed by atoms with E-state index in [1.807, 2.05) is 30.3 Å². The molecule has 0 unspecified atom stereocenters. The van der Waals surface area contributed by atoms with Crippen molar-refractivity contribution in [3.8, 4) is 5.75 Å². The third-order valence-electron chi connectivity index (χ3n) is 3.38. The number of rotatable bonds is 11. The molecule has 0 aliphatic rings. The molecule has 128 valence electrons. The molecule has 0 N–H and O–H groups in total. The van der Waals surface area contributed by atoms with E-state index in [0.29, 0.717) is 25.4 Å². The molecule has 1 aromatic carbocycles. The van der Waals surface area contributed by atoms with Crippen molar-refractivity contribution in [3.63, 3.8) is 0 Å². The summed E-state index contributed by atoms with van der Waals surface area (Å²) < 4.78 is 10.4. The topological polar surface area (TPSA) is 55.8 Å². The molecule has 0 aliphatic carbocycles. The van der Waals surface area contributed by atoms with Crippen LogP contribution in [0.4, 0.5) is 0 Å². The summed E-state index contributed by atoms with van der Waals surface area (Å²) in [4.78, 5) is 25.5. The monoisotopic (exact) mass is 321 g/mol. The number of esters is 1. The first-order chi connectivity index (χ1) is 11.2. The molecule has 1 amide bonds. The number of para-hydroxylation sites is 1. The molecular weight excluding hydrogens is 294 g/mol. The molecule has 23 heavy (non-hydrogen) atoms. The number of carbonyl (C=O) groups excluding carboxylic acids is 2. The van der Waals surface area contributed by atoms with Gasteiger partial charge < -0.3 is 14.4 Å². The predicted octanol–water partition coefficient (Wildman–Crippen LogP) is 3.04. The first-order valence-electron chi connectivity index (χ1n) is 8.28. The van der Waals surface area contributed by atoms with Gasteiger partial charge in [-0.05, 0) is 25.5 Å². The number of hydrogen-bond acceptors (Lipinski definition) is 4. The normalized spacial score (nSPS) is 10.2. The molecule has 0 bridgehead atoms. The zero-order valence-electron chi connectivity index (χ0n) is 14.1. The van der Waals surface area contributed by atoms with E-state index in [0.717, 1.165) is 19.3 Å². The fourth-order valence-corrected chi connectivity index (χ4v) is 2.13. The Kier molecular flexibility index (Phi) is 9.52. The Hall–Kier alpha value is -2.04. The Morgan fingerprint density at radius 3 is 2.43 bits per heavy atom. The summed E-state index contributed by atoms with van der Waals surface area (Å²) in [6, 6.07) is 9.24. The molecule has 1 rings (SSSR count). The lowest BCUT2D eigenvalue weighted by Crippen LogP contribution is -2.37. The van der Waals surface area contributed by atoms with E-state index < -0.39 is 0 Å². The Bertz CT molecular complexity index is 461. The smallest absolute Gasteiger partial charge is 0.307 e. The Morgan fingerprint density at radius 2 is 1.78 bits per heavy atom. The molecule has 1 aromatic rings. The van der Waals surface area contributed by atoms with Crippen LogP contribution >= 0.6 is 0 Å². The quantitative estimate of drug-likeness (QED) is 0.464. The van der Waals surface area contributed by atoms with Crippen molar-refractivity contribution in [3.05, 3.63) is 30.3 Å². The minimum absolute atomic E-state index is 0.0149. The van der Waals surface area contributed by atoms with Crippen LogP contribution in [0.15, 0.2) is 30.3 Å². The maximum Gasteiger partial charge on any atom is 0.307 e. The van der Waals surface area contributed by atoms with E-state index in [1.165, 1.54) is 0 Å². The van der Waals surface area contributed by atoms with Gasteiger partial charge in [0, 0.05) is 13.1 Å². The predicted molar refractivity (Wildman–Crippen MR) is 89.3 cm³/mol. The molecule has 0 fully saturated rings. The third-order valence-corrected chi connectivity index (χ3v) is 3.38. The maximum atomic E-state index is 12.3. The van der Waals surface area contributed by atoms with Crippen molar-refractivity contribution in [1.82, 2.24) is 4.90 Å². The Labute approximate surface area is 138 Å². The van der Waals surface area contributed by atoms with Crippen LogP contribution in [0.25, 0.3) is 0 Å².